The lowest BCUT2D eigenvalue weighted by molar-refractivity contribution is -0.278. The maximum atomic E-state index is 11.7. The number of nitrogens with zero attached hydrogens (tertiary/aromatic N) is 2. The van der Waals surface area contributed by atoms with Crippen LogP contribution in [0, 0.1) is 6.92 Å². The second kappa shape index (κ2) is 12.6. The van der Waals surface area contributed by atoms with Crippen molar-refractivity contribution >= 4 is 6.16 Å². The molecule has 0 spiro atoms. The normalized spacial score (nSPS) is 30.6. The number of ether oxygens (including phenoxy) is 5. The first kappa shape index (κ1) is 15.5. The maximum Gasteiger partial charge on any atom is 0.508 e. The molecule has 0 saturated carbocycles. The van der Waals surface area contributed by atoms with Crippen LogP contribution in [-0.2, 0) is 20.6 Å². The number of rotatable bonds is 10. The Balaban J connectivity index is 2.03. The molecule has 0 unspecified atom stereocenters. The van der Waals surface area contributed by atoms with Crippen LogP contribution in [0.2, 0.25) is 0 Å². The van der Waals surface area contributed by atoms with Crippen LogP contribution >= 0.6 is 0 Å². The topological polar surface area (TPSA) is 142 Å². The number of hydrogen-bond donors (Lipinski definition) is 3. The highest BCUT2D eigenvalue weighted by atomic mass is 16.7. The van der Waals surface area contributed by atoms with Gasteiger partial charge in [0.2, 0.25) is 12.2 Å². The molecule has 0 amide bonds. The van der Waals surface area contributed by atoms with Crippen LogP contribution in [0.4, 0.5) is 4.79 Å². The predicted molar refractivity (Wildman–Crippen MR) is 133 cm³/mol. The van der Waals surface area contributed by atoms with E-state index in [4.69, 9.17) is 36.8 Å². The molecule has 1 aromatic heterocycles. The lowest BCUT2D eigenvalue weighted by Gasteiger charge is -2.39. The van der Waals surface area contributed by atoms with Crippen LogP contribution in [-0.4, -0.2) is 81.3 Å². The Morgan fingerprint density at radius 2 is 1.86 bits per heavy atom. The zero-order valence-electron chi connectivity index (χ0n) is 33.1. The van der Waals surface area contributed by atoms with Crippen LogP contribution in [0.5, 0.6) is 11.6 Å². The summed E-state index contributed by atoms with van der Waals surface area (Å²) in [6.45, 7) is -10.8. The van der Waals surface area contributed by atoms with Gasteiger partial charge in [-0.1, -0.05) is 12.1 Å². The van der Waals surface area contributed by atoms with Gasteiger partial charge < -0.3 is 39.0 Å². The first-order valence-corrected chi connectivity index (χ1v) is 11.2. The fourth-order valence-electron chi connectivity index (χ4n) is 3.64. The van der Waals surface area contributed by atoms with Crippen molar-refractivity contribution in [1.82, 2.24) is 9.78 Å². The molecule has 1 saturated heterocycles. The minimum absolute atomic E-state index is 0.0133. The summed E-state index contributed by atoms with van der Waals surface area (Å²) in [6.07, 6.45) is -13.5. The monoisotopic (exact) mass is 535 g/mol. The third-order valence-electron chi connectivity index (χ3n) is 5.53. The SMILES string of the molecule is [2H]C([2H])([2H])C(n1nc(O[C@@H]2O[C@H](COC(=O)OCC)[C@@H](O)[C@H](O)[C@H]2O)c(Cc2ccc(OC([2H])(C([2H])([2H])[2H])C([2H])([2H])[2H])cc2)c1C)C([2H])([2H])[2H]. The summed E-state index contributed by atoms with van der Waals surface area (Å²) in [5.74, 6) is -0.735. The molecule has 3 rings (SSSR count). The summed E-state index contributed by atoms with van der Waals surface area (Å²) < 4.78 is 128. The number of benzene rings is 1. The number of carbonyl (C=O) groups is 1. The van der Waals surface area contributed by atoms with E-state index in [9.17, 15) is 20.1 Å². The maximum absolute atomic E-state index is 11.7. The average molecular weight is 536 g/mol. The largest absolute Gasteiger partial charge is 0.508 e. The molecule has 1 fully saturated rings. The Kier molecular flexibility index (Phi) is 5.28. The van der Waals surface area contributed by atoms with E-state index in [-0.39, 0.29) is 30.0 Å². The quantitative estimate of drug-likeness (QED) is 0.389. The highest BCUT2D eigenvalue weighted by molar-refractivity contribution is 5.59. The molecule has 1 aliphatic rings. The summed E-state index contributed by atoms with van der Waals surface area (Å²) in [5, 5.41) is 35.7. The highest BCUT2D eigenvalue weighted by Crippen LogP contribution is 2.31. The zero-order chi connectivity index (χ0) is 38.2. The molecule has 1 aliphatic heterocycles. The van der Waals surface area contributed by atoms with Gasteiger partial charge in [-0.2, -0.15) is 0 Å². The lowest BCUT2D eigenvalue weighted by atomic mass is 9.99. The van der Waals surface area contributed by atoms with Gasteiger partial charge in [-0.05, 0) is 59.0 Å². The van der Waals surface area contributed by atoms with Crippen LogP contribution in [0.15, 0.2) is 24.3 Å². The number of aliphatic hydroxyl groups is 3. The molecule has 1 aromatic carbocycles. The molecule has 5 atom stereocenters. The summed E-state index contributed by atoms with van der Waals surface area (Å²) in [4.78, 5) is 11.7. The Bertz CT molecular complexity index is 1430. The molecule has 2 aromatic rings. The summed E-state index contributed by atoms with van der Waals surface area (Å²) >= 11 is 0. The van der Waals surface area contributed by atoms with E-state index in [1.165, 1.54) is 38.1 Å². The van der Waals surface area contributed by atoms with Gasteiger partial charge >= 0.3 is 6.16 Å². The highest BCUT2D eigenvalue weighted by Gasteiger charge is 2.46. The van der Waals surface area contributed by atoms with Crippen LogP contribution < -0.4 is 9.47 Å². The van der Waals surface area contributed by atoms with Gasteiger partial charge in [-0.3, -0.25) is 4.68 Å². The van der Waals surface area contributed by atoms with E-state index in [2.05, 4.69) is 9.84 Å². The molecular formula is C26H38N2O9. The molecule has 0 radical (unpaired) electrons. The van der Waals surface area contributed by atoms with Crippen molar-refractivity contribution in [1.29, 1.82) is 0 Å². The molecule has 37 heavy (non-hydrogen) atoms. The van der Waals surface area contributed by atoms with Gasteiger partial charge in [0.15, 0.2) is 0 Å². The van der Waals surface area contributed by atoms with Gasteiger partial charge in [0.25, 0.3) is 0 Å². The van der Waals surface area contributed by atoms with Crippen LogP contribution in [0.1, 0.15) is 75.0 Å². The second-order valence-corrected chi connectivity index (χ2v) is 8.09. The van der Waals surface area contributed by atoms with Crippen molar-refractivity contribution in [2.45, 2.75) is 90.5 Å². The van der Waals surface area contributed by atoms with E-state index in [0.29, 0.717) is 10.2 Å². The van der Waals surface area contributed by atoms with Gasteiger partial charge in [0.05, 0.1) is 14.1 Å². The Morgan fingerprint density at radius 1 is 1.14 bits per heavy atom. The number of hydrogen-bond acceptors (Lipinski definition) is 10. The van der Waals surface area contributed by atoms with Gasteiger partial charge in [0, 0.05) is 40.2 Å². The molecule has 3 N–H and O–H groups in total. The fraction of sp³-hybridized carbons (Fsp3) is 0.615. The van der Waals surface area contributed by atoms with E-state index in [0.717, 1.165) is 0 Å². The minimum atomic E-state index is -3.36. The molecule has 11 nitrogen and oxygen atoms in total. The van der Waals surface area contributed by atoms with E-state index < -0.39 is 88.9 Å². The third-order valence-corrected chi connectivity index (χ3v) is 5.53. The number of aliphatic hydroxyl groups excluding tert-OH is 3. The predicted octanol–water partition coefficient (Wildman–Crippen LogP) is 2.51. The summed E-state index contributed by atoms with van der Waals surface area (Å²) in [7, 11) is 0. The van der Waals surface area contributed by atoms with Gasteiger partial charge in [-0.15, -0.1) is 5.10 Å². The fourth-order valence-corrected chi connectivity index (χ4v) is 3.64. The summed E-state index contributed by atoms with van der Waals surface area (Å²) in [5.41, 5.74) is 0.414. The number of carbonyl (C=O) groups excluding carboxylic acids is 1. The van der Waals surface area contributed by atoms with Gasteiger partial charge in [-0.25, -0.2) is 4.79 Å². The Hall–Kier alpha value is -2.86. The number of aromatic nitrogens is 2. The minimum Gasteiger partial charge on any atom is -0.491 e. The zero-order valence-corrected chi connectivity index (χ0v) is 20.1. The van der Waals surface area contributed by atoms with Crippen molar-refractivity contribution in [3.63, 3.8) is 0 Å². The van der Waals surface area contributed by atoms with Crippen molar-refractivity contribution in [3.8, 4) is 11.6 Å². The second-order valence-electron chi connectivity index (χ2n) is 8.09. The van der Waals surface area contributed by atoms with Crippen molar-refractivity contribution in [3.05, 3.63) is 41.1 Å². The molecule has 2 heterocycles. The molecular weight excluding hydrogens is 484 g/mol. The Morgan fingerprint density at radius 3 is 2.51 bits per heavy atom. The Labute approximate surface area is 235 Å². The van der Waals surface area contributed by atoms with E-state index >= 15 is 0 Å². The first-order chi connectivity index (χ1) is 22.7. The van der Waals surface area contributed by atoms with Crippen LogP contribution in [0.3, 0.4) is 0 Å². The molecule has 206 valence electrons. The van der Waals surface area contributed by atoms with Crippen molar-refractivity contribution in [2.75, 3.05) is 13.2 Å². The molecule has 11 heteroatoms. The molecule has 0 aliphatic carbocycles. The van der Waals surface area contributed by atoms with Crippen LogP contribution in [0.25, 0.3) is 0 Å². The average Bonchev–Trinajstić information content (AvgIpc) is 3.24. The van der Waals surface area contributed by atoms with E-state index in [1.54, 1.807) is 0 Å². The summed E-state index contributed by atoms with van der Waals surface area (Å²) in [6, 6.07) is 2.90. The first-order valence-electron chi connectivity index (χ1n) is 17.7. The van der Waals surface area contributed by atoms with Crippen molar-refractivity contribution < 1.29 is 61.6 Å². The standard InChI is InChI=1S/C26H38N2O9/c1-7-33-26(32)34-13-20-21(29)22(30)23(31)25(36-20)37-24-19(16(6)28(27-24)14(2)3)12-17-8-10-18(11-9-17)35-15(4)5/h8-11,14-15,20-23,25,29-31H,7,12-13H2,1-6H3/t20-,21-,22+,23-,25+/m1/s1/i2D3,3D3,4D3,5D3,15D. The smallest absolute Gasteiger partial charge is 0.491 e. The molecule has 0 bridgehead atoms. The van der Waals surface area contributed by atoms with E-state index in [1.807, 2.05) is 0 Å². The van der Waals surface area contributed by atoms with Crippen molar-refractivity contribution in [2.24, 2.45) is 0 Å². The van der Waals surface area contributed by atoms with Gasteiger partial charge in [0.1, 0.15) is 36.8 Å². The third kappa shape index (κ3) is 7.13. The lowest BCUT2D eigenvalue weighted by Crippen LogP contribution is -2.60.